The van der Waals surface area contributed by atoms with Crippen molar-refractivity contribution < 1.29 is 0 Å². The lowest BCUT2D eigenvalue weighted by Gasteiger charge is -2.23. The summed E-state index contributed by atoms with van der Waals surface area (Å²) < 4.78 is 1.15. The Balaban J connectivity index is 1.80. The molecule has 0 bridgehead atoms. The first-order valence-electron chi connectivity index (χ1n) is 7.47. The zero-order valence-corrected chi connectivity index (χ0v) is 13.6. The fraction of sp³-hybridized carbons (Fsp3) is 0.625. The van der Waals surface area contributed by atoms with Crippen LogP contribution >= 0.6 is 15.9 Å². The summed E-state index contributed by atoms with van der Waals surface area (Å²) in [5, 5.41) is 3.70. The van der Waals surface area contributed by atoms with E-state index < -0.39 is 0 Å². The molecule has 1 aliphatic carbocycles. The van der Waals surface area contributed by atoms with Crippen LogP contribution < -0.4 is 5.32 Å². The predicted octanol–water partition coefficient (Wildman–Crippen LogP) is 3.97. The third kappa shape index (κ3) is 4.59. The van der Waals surface area contributed by atoms with Crippen LogP contribution in [-0.4, -0.2) is 30.6 Å². The van der Waals surface area contributed by atoms with Crippen molar-refractivity contribution in [2.45, 2.75) is 45.2 Å². The van der Waals surface area contributed by atoms with Gasteiger partial charge in [-0.2, -0.15) is 0 Å². The summed E-state index contributed by atoms with van der Waals surface area (Å²) >= 11 is 3.49. The van der Waals surface area contributed by atoms with E-state index in [0.29, 0.717) is 6.04 Å². The fourth-order valence-electron chi connectivity index (χ4n) is 2.61. The Morgan fingerprint density at radius 1 is 1.26 bits per heavy atom. The van der Waals surface area contributed by atoms with Gasteiger partial charge in [0.1, 0.15) is 0 Å². The highest BCUT2D eigenvalue weighted by molar-refractivity contribution is 9.10. The molecule has 1 aliphatic rings. The number of rotatable bonds is 8. The lowest BCUT2D eigenvalue weighted by molar-refractivity contribution is 0.271. The molecule has 0 heterocycles. The van der Waals surface area contributed by atoms with Gasteiger partial charge in [0.15, 0.2) is 0 Å². The Morgan fingerprint density at radius 3 is 2.47 bits per heavy atom. The maximum Gasteiger partial charge on any atom is 0.0318 e. The Labute approximate surface area is 125 Å². The van der Waals surface area contributed by atoms with Crippen LogP contribution in [-0.2, 0) is 0 Å². The summed E-state index contributed by atoms with van der Waals surface area (Å²) in [6.07, 6.45) is 3.94. The van der Waals surface area contributed by atoms with Gasteiger partial charge in [-0.15, -0.1) is 0 Å². The summed E-state index contributed by atoms with van der Waals surface area (Å²) in [4.78, 5) is 2.60. The topological polar surface area (TPSA) is 15.3 Å². The van der Waals surface area contributed by atoms with Gasteiger partial charge in [0.05, 0.1) is 0 Å². The van der Waals surface area contributed by atoms with Gasteiger partial charge in [0.2, 0.25) is 0 Å². The lowest BCUT2D eigenvalue weighted by atomic mass is 10.0. The van der Waals surface area contributed by atoms with Crippen LogP contribution in [0, 0.1) is 0 Å². The standard InChI is InChI=1S/C16H25BrN2/c1-3-16(13-5-7-14(17)8-6-13)18-11-12-19(4-2)15-9-10-15/h5-8,15-16,18H,3-4,9-12H2,1-2H3. The second kappa shape index (κ2) is 7.41. The van der Waals surface area contributed by atoms with Crippen molar-refractivity contribution in [1.82, 2.24) is 10.2 Å². The summed E-state index contributed by atoms with van der Waals surface area (Å²) in [6, 6.07) is 10.0. The predicted molar refractivity (Wildman–Crippen MR) is 85.4 cm³/mol. The Kier molecular flexibility index (Phi) is 5.86. The van der Waals surface area contributed by atoms with E-state index in [4.69, 9.17) is 0 Å². The average Bonchev–Trinajstić information content (AvgIpc) is 3.25. The molecule has 19 heavy (non-hydrogen) atoms. The molecule has 2 nitrogen and oxygen atoms in total. The number of halogens is 1. The van der Waals surface area contributed by atoms with Crippen LogP contribution in [0.2, 0.25) is 0 Å². The van der Waals surface area contributed by atoms with Gasteiger partial charge in [-0.3, -0.25) is 4.90 Å². The number of likely N-dealkylation sites (N-methyl/N-ethyl adjacent to an activating group) is 1. The number of benzene rings is 1. The fourth-order valence-corrected chi connectivity index (χ4v) is 2.88. The van der Waals surface area contributed by atoms with E-state index in [9.17, 15) is 0 Å². The first-order chi connectivity index (χ1) is 9.24. The molecule has 3 heteroatoms. The molecule has 0 saturated heterocycles. The van der Waals surface area contributed by atoms with Crippen molar-refractivity contribution in [2.75, 3.05) is 19.6 Å². The molecule has 2 rings (SSSR count). The minimum atomic E-state index is 0.478. The number of nitrogens with zero attached hydrogens (tertiary/aromatic N) is 1. The quantitative estimate of drug-likeness (QED) is 0.778. The normalized spacial score (nSPS) is 16.8. The molecule has 0 radical (unpaired) electrons. The minimum Gasteiger partial charge on any atom is -0.309 e. The Bertz CT molecular complexity index is 373. The molecule has 1 saturated carbocycles. The third-order valence-electron chi connectivity index (χ3n) is 3.94. The second-order valence-electron chi connectivity index (χ2n) is 5.33. The van der Waals surface area contributed by atoms with E-state index in [0.717, 1.165) is 23.5 Å². The molecule has 106 valence electrons. The Hall–Kier alpha value is -0.380. The van der Waals surface area contributed by atoms with Crippen LogP contribution in [0.3, 0.4) is 0 Å². The number of hydrogen-bond donors (Lipinski definition) is 1. The van der Waals surface area contributed by atoms with Crippen LogP contribution in [0.25, 0.3) is 0 Å². The van der Waals surface area contributed by atoms with Crippen molar-refractivity contribution in [3.05, 3.63) is 34.3 Å². The van der Waals surface area contributed by atoms with E-state index in [1.54, 1.807) is 0 Å². The van der Waals surface area contributed by atoms with Crippen molar-refractivity contribution in [1.29, 1.82) is 0 Å². The van der Waals surface area contributed by atoms with Crippen molar-refractivity contribution in [2.24, 2.45) is 0 Å². The highest BCUT2D eigenvalue weighted by atomic mass is 79.9. The molecule has 0 aromatic heterocycles. The lowest BCUT2D eigenvalue weighted by Crippen LogP contribution is -2.35. The molecule has 0 amide bonds. The summed E-state index contributed by atoms with van der Waals surface area (Å²) in [5.41, 5.74) is 1.39. The van der Waals surface area contributed by atoms with E-state index in [1.165, 1.54) is 31.5 Å². The largest absolute Gasteiger partial charge is 0.309 e. The summed E-state index contributed by atoms with van der Waals surface area (Å²) in [5.74, 6) is 0. The molecule has 1 fully saturated rings. The molecule has 1 aromatic rings. The van der Waals surface area contributed by atoms with Gasteiger partial charge in [0, 0.05) is 29.6 Å². The van der Waals surface area contributed by atoms with Crippen molar-refractivity contribution in [3.8, 4) is 0 Å². The molecule has 1 atom stereocenters. The van der Waals surface area contributed by atoms with Gasteiger partial charge in [0.25, 0.3) is 0 Å². The molecule has 1 aromatic carbocycles. The number of hydrogen-bond acceptors (Lipinski definition) is 2. The van der Waals surface area contributed by atoms with Crippen LogP contribution in [0.15, 0.2) is 28.7 Å². The van der Waals surface area contributed by atoms with Crippen LogP contribution in [0.4, 0.5) is 0 Å². The molecule has 0 aliphatic heterocycles. The van der Waals surface area contributed by atoms with E-state index in [-0.39, 0.29) is 0 Å². The molecular weight excluding hydrogens is 300 g/mol. The van der Waals surface area contributed by atoms with Crippen LogP contribution in [0.5, 0.6) is 0 Å². The molecule has 0 spiro atoms. The van der Waals surface area contributed by atoms with Crippen molar-refractivity contribution in [3.63, 3.8) is 0 Å². The Morgan fingerprint density at radius 2 is 1.95 bits per heavy atom. The van der Waals surface area contributed by atoms with Gasteiger partial charge in [-0.1, -0.05) is 41.9 Å². The number of nitrogens with one attached hydrogen (secondary N) is 1. The molecule has 1 unspecified atom stereocenters. The van der Waals surface area contributed by atoms with Gasteiger partial charge < -0.3 is 5.32 Å². The monoisotopic (exact) mass is 324 g/mol. The summed E-state index contributed by atoms with van der Waals surface area (Å²) in [7, 11) is 0. The third-order valence-corrected chi connectivity index (χ3v) is 4.47. The minimum absolute atomic E-state index is 0.478. The zero-order chi connectivity index (χ0) is 13.7. The average molecular weight is 325 g/mol. The van der Waals surface area contributed by atoms with E-state index >= 15 is 0 Å². The van der Waals surface area contributed by atoms with Gasteiger partial charge in [-0.05, 0) is 43.5 Å². The van der Waals surface area contributed by atoms with E-state index in [2.05, 4.69) is 64.3 Å². The molecular formula is C16H25BrN2. The highest BCUT2D eigenvalue weighted by Crippen LogP contribution is 2.26. The highest BCUT2D eigenvalue weighted by Gasteiger charge is 2.27. The smallest absolute Gasteiger partial charge is 0.0318 e. The first kappa shape index (κ1) is 15.0. The maximum absolute atomic E-state index is 3.70. The molecule has 1 N–H and O–H groups in total. The van der Waals surface area contributed by atoms with Gasteiger partial charge >= 0.3 is 0 Å². The summed E-state index contributed by atoms with van der Waals surface area (Å²) in [6.45, 7) is 7.96. The zero-order valence-electron chi connectivity index (χ0n) is 12.0. The van der Waals surface area contributed by atoms with E-state index in [1.807, 2.05) is 0 Å². The maximum atomic E-state index is 3.70. The SMILES string of the molecule is CCC(NCCN(CC)C1CC1)c1ccc(Br)cc1. The van der Waals surface area contributed by atoms with Crippen molar-refractivity contribution >= 4 is 15.9 Å². The van der Waals surface area contributed by atoms with Crippen LogP contribution in [0.1, 0.15) is 44.7 Å². The second-order valence-corrected chi connectivity index (χ2v) is 6.24. The first-order valence-corrected chi connectivity index (χ1v) is 8.26. The van der Waals surface area contributed by atoms with Gasteiger partial charge in [-0.25, -0.2) is 0 Å².